The number of nitrogens with one attached hydrogen (secondary N) is 1. The van der Waals surface area contributed by atoms with Crippen LogP contribution in [-0.2, 0) is 11.2 Å². The van der Waals surface area contributed by atoms with Gasteiger partial charge < -0.3 is 25.0 Å². The topological polar surface area (TPSA) is 88.0 Å². The van der Waals surface area contributed by atoms with Gasteiger partial charge in [-0.2, -0.15) is 0 Å². The van der Waals surface area contributed by atoms with E-state index in [1.165, 1.54) is 5.56 Å². The minimum atomic E-state index is -0.545. The molecule has 3 N–H and O–H groups in total. The number of aliphatic hydroxyl groups is 1. The summed E-state index contributed by atoms with van der Waals surface area (Å²) in [5.41, 5.74) is 3.43. The number of aryl methyl sites for hydroxylation is 1. The number of phenols is 1. The van der Waals surface area contributed by atoms with Crippen LogP contribution in [0.3, 0.4) is 0 Å². The molecule has 0 aliphatic rings. The smallest absolute Gasteiger partial charge is 0.338 e. The lowest BCUT2D eigenvalue weighted by Crippen LogP contribution is -2.19. The monoisotopic (exact) mass is 499 g/mol. The van der Waals surface area contributed by atoms with Crippen molar-refractivity contribution in [2.24, 2.45) is 0 Å². The van der Waals surface area contributed by atoms with E-state index in [9.17, 15) is 15.0 Å². The molecule has 192 valence electrons. The number of hydrogen-bond donors (Lipinski definition) is 3. The predicted molar refractivity (Wildman–Crippen MR) is 146 cm³/mol. The Bertz CT molecular complexity index is 1320. The summed E-state index contributed by atoms with van der Waals surface area (Å²) in [6.45, 7) is 2.10. The molecule has 0 fully saturated rings. The summed E-state index contributed by atoms with van der Waals surface area (Å²) in [7, 11) is 1.66. The van der Waals surface area contributed by atoms with Crippen LogP contribution in [0.25, 0.3) is 10.8 Å². The van der Waals surface area contributed by atoms with Crippen molar-refractivity contribution in [3.8, 4) is 11.5 Å². The highest BCUT2D eigenvalue weighted by Gasteiger charge is 2.18. The normalized spacial score (nSPS) is 12.6. The molecular formula is C31H33NO5. The van der Waals surface area contributed by atoms with Crippen LogP contribution >= 0.6 is 0 Å². The summed E-state index contributed by atoms with van der Waals surface area (Å²) in [5, 5.41) is 26.4. The van der Waals surface area contributed by atoms with Crippen molar-refractivity contribution in [1.29, 1.82) is 0 Å². The Morgan fingerprint density at radius 2 is 1.62 bits per heavy atom. The number of benzene rings is 4. The average Bonchev–Trinajstić information content (AvgIpc) is 2.92. The largest absolute Gasteiger partial charge is 0.508 e. The average molecular weight is 500 g/mol. The molecule has 37 heavy (non-hydrogen) atoms. The van der Waals surface area contributed by atoms with E-state index >= 15 is 0 Å². The maximum absolute atomic E-state index is 12.0. The van der Waals surface area contributed by atoms with Gasteiger partial charge in [0.1, 0.15) is 11.5 Å². The van der Waals surface area contributed by atoms with Crippen LogP contribution in [0.15, 0.2) is 84.9 Å². The zero-order valence-electron chi connectivity index (χ0n) is 21.2. The molecule has 4 rings (SSSR count). The van der Waals surface area contributed by atoms with Gasteiger partial charge in [0, 0.05) is 5.69 Å². The van der Waals surface area contributed by atoms with Crippen LogP contribution < -0.4 is 10.1 Å². The lowest BCUT2D eigenvalue weighted by Gasteiger charge is -2.24. The fraction of sp³-hybridized carbons (Fsp3) is 0.258. The summed E-state index contributed by atoms with van der Waals surface area (Å²) < 4.78 is 10.4. The minimum absolute atomic E-state index is 0.187. The number of carbonyl (C=O) groups excluding carboxylic acids is 1. The number of esters is 1. The van der Waals surface area contributed by atoms with E-state index in [0.717, 1.165) is 34.2 Å². The minimum Gasteiger partial charge on any atom is -0.508 e. The van der Waals surface area contributed by atoms with Crippen molar-refractivity contribution in [2.75, 3.05) is 19.0 Å². The first-order chi connectivity index (χ1) is 17.9. The maximum atomic E-state index is 12.0. The number of fused-ring (bicyclic) bond motifs is 1. The molecule has 2 atom stereocenters. The fourth-order valence-corrected chi connectivity index (χ4v) is 4.38. The molecular weight excluding hydrogens is 466 g/mol. The Kier molecular flexibility index (Phi) is 8.64. The number of phenolic OH excluding ortho intramolecular Hbond substituents is 1. The number of methoxy groups -OCH3 is 1. The van der Waals surface area contributed by atoms with Gasteiger partial charge in [-0.3, -0.25) is 0 Å². The van der Waals surface area contributed by atoms with E-state index in [4.69, 9.17) is 9.47 Å². The van der Waals surface area contributed by atoms with Crippen LogP contribution in [0, 0.1) is 0 Å². The van der Waals surface area contributed by atoms with Crippen molar-refractivity contribution in [1.82, 2.24) is 0 Å². The van der Waals surface area contributed by atoms with Gasteiger partial charge in [-0.1, -0.05) is 36.4 Å². The van der Waals surface area contributed by atoms with Crippen LogP contribution in [0.2, 0.25) is 0 Å². The van der Waals surface area contributed by atoms with E-state index in [1.54, 1.807) is 38.3 Å². The number of aliphatic hydroxyl groups excluding tert-OH is 1. The van der Waals surface area contributed by atoms with Gasteiger partial charge in [0.25, 0.3) is 0 Å². The molecule has 0 amide bonds. The van der Waals surface area contributed by atoms with Crippen LogP contribution in [0.4, 0.5) is 5.69 Å². The van der Waals surface area contributed by atoms with Crippen LogP contribution in [-0.4, -0.2) is 36.0 Å². The Morgan fingerprint density at radius 1 is 0.919 bits per heavy atom. The third kappa shape index (κ3) is 7.02. The lowest BCUT2D eigenvalue weighted by atomic mass is 9.96. The fourth-order valence-electron chi connectivity index (χ4n) is 4.38. The molecule has 0 heterocycles. The van der Waals surface area contributed by atoms with E-state index in [2.05, 4.69) is 23.5 Å². The van der Waals surface area contributed by atoms with Gasteiger partial charge in [0.15, 0.2) is 0 Å². The standard InChI is InChI=1S/C31H33NO5/c1-3-37-31(35)23-7-12-26(13-8-23)32-30(22-9-15-27(33)16-10-22)20-28(34)14-5-21-4-6-25-19-29(36-2)17-11-24(25)18-21/h4,6-13,15-19,28,30,32-34H,3,5,14,20H2,1-2H3. The lowest BCUT2D eigenvalue weighted by molar-refractivity contribution is 0.0526. The van der Waals surface area contributed by atoms with Gasteiger partial charge in [0.2, 0.25) is 0 Å². The molecule has 2 unspecified atom stereocenters. The molecule has 0 saturated carbocycles. The molecule has 0 bridgehead atoms. The molecule has 0 aliphatic heterocycles. The summed E-state index contributed by atoms with van der Waals surface area (Å²) in [6.07, 6.45) is 1.30. The Balaban J connectivity index is 1.43. The molecule has 6 heteroatoms. The highest BCUT2D eigenvalue weighted by molar-refractivity contribution is 5.89. The first-order valence-electron chi connectivity index (χ1n) is 12.5. The zero-order valence-corrected chi connectivity index (χ0v) is 21.2. The third-order valence-corrected chi connectivity index (χ3v) is 6.42. The number of carbonyl (C=O) groups is 1. The molecule has 0 radical (unpaired) electrons. The van der Waals surface area contributed by atoms with E-state index in [1.807, 2.05) is 42.5 Å². The molecule has 6 nitrogen and oxygen atoms in total. The molecule has 4 aromatic rings. The maximum Gasteiger partial charge on any atom is 0.338 e. The number of ether oxygens (including phenoxy) is 2. The highest BCUT2D eigenvalue weighted by atomic mass is 16.5. The summed E-state index contributed by atoms with van der Waals surface area (Å²) in [4.78, 5) is 12.0. The Morgan fingerprint density at radius 3 is 2.32 bits per heavy atom. The first-order valence-corrected chi connectivity index (χ1v) is 12.5. The van der Waals surface area contributed by atoms with Gasteiger partial charge in [-0.15, -0.1) is 0 Å². The summed E-state index contributed by atoms with van der Waals surface area (Å²) in [5.74, 6) is 0.669. The van der Waals surface area contributed by atoms with E-state index in [0.29, 0.717) is 25.0 Å². The van der Waals surface area contributed by atoms with Crippen molar-refractivity contribution in [3.63, 3.8) is 0 Å². The number of anilines is 1. The second kappa shape index (κ2) is 12.3. The third-order valence-electron chi connectivity index (χ3n) is 6.42. The first kappa shape index (κ1) is 26.0. The number of aromatic hydroxyl groups is 1. The molecule has 0 spiro atoms. The van der Waals surface area contributed by atoms with Crippen molar-refractivity contribution in [2.45, 2.75) is 38.3 Å². The van der Waals surface area contributed by atoms with Crippen molar-refractivity contribution >= 4 is 22.4 Å². The highest BCUT2D eigenvalue weighted by Crippen LogP contribution is 2.28. The van der Waals surface area contributed by atoms with Gasteiger partial charge in [-0.25, -0.2) is 4.79 Å². The van der Waals surface area contributed by atoms with Gasteiger partial charge in [-0.05, 0) is 96.6 Å². The molecule has 0 saturated heterocycles. The summed E-state index contributed by atoms with van der Waals surface area (Å²) >= 11 is 0. The van der Waals surface area contributed by atoms with Gasteiger partial charge in [0.05, 0.1) is 31.4 Å². The van der Waals surface area contributed by atoms with Crippen molar-refractivity contribution in [3.05, 3.63) is 102 Å². The van der Waals surface area contributed by atoms with Gasteiger partial charge >= 0.3 is 5.97 Å². The zero-order chi connectivity index (χ0) is 26.2. The Hall–Kier alpha value is -4.03. The SMILES string of the molecule is CCOC(=O)c1ccc(NC(CC(O)CCc2ccc3cc(OC)ccc3c2)c2ccc(O)cc2)cc1. The van der Waals surface area contributed by atoms with Crippen molar-refractivity contribution < 1.29 is 24.5 Å². The molecule has 0 aliphatic carbocycles. The second-order valence-electron chi connectivity index (χ2n) is 9.06. The van der Waals surface area contributed by atoms with E-state index in [-0.39, 0.29) is 17.8 Å². The number of rotatable bonds is 11. The summed E-state index contributed by atoms with van der Waals surface area (Å²) in [6, 6.07) is 26.3. The van der Waals surface area contributed by atoms with Crippen LogP contribution in [0.5, 0.6) is 11.5 Å². The van der Waals surface area contributed by atoms with Crippen LogP contribution in [0.1, 0.15) is 47.3 Å². The Labute approximate surface area is 217 Å². The molecule has 4 aromatic carbocycles. The second-order valence-corrected chi connectivity index (χ2v) is 9.06. The quantitative estimate of drug-likeness (QED) is 0.211. The number of hydrogen-bond acceptors (Lipinski definition) is 6. The molecule has 0 aromatic heterocycles. The predicted octanol–water partition coefficient (Wildman–Crippen LogP) is 6.27. The van der Waals surface area contributed by atoms with E-state index < -0.39 is 6.10 Å².